The van der Waals surface area contributed by atoms with Gasteiger partial charge in [-0.2, -0.15) is 10.2 Å². The van der Waals surface area contributed by atoms with Crippen LogP contribution in [0.15, 0.2) is 22.7 Å². The minimum atomic E-state index is -0.371. The molecule has 0 amide bonds. The number of nitriles is 1. The molecule has 1 aromatic carbocycles. The lowest BCUT2D eigenvalue weighted by Gasteiger charge is -2.36. The SMILES string of the molecule is Cc1noc([C@@H](C)N2CCN(Cc3ccc(F)cc3C#N)CC2)n1. The number of piperazine rings is 1. The normalized spacial score (nSPS) is 17.6. The minimum absolute atomic E-state index is 0.0915. The van der Waals surface area contributed by atoms with Crippen molar-refractivity contribution in [3.05, 3.63) is 46.9 Å². The van der Waals surface area contributed by atoms with Crippen molar-refractivity contribution >= 4 is 0 Å². The van der Waals surface area contributed by atoms with Crippen LogP contribution in [0.4, 0.5) is 4.39 Å². The second-order valence-corrected chi connectivity index (χ2v) is 6.08. The lowest BCUT2D eigenvalue weighted by atomic mass is 10.1. The summed E-state index contributed by atoms with van der Waals surface area (Å²) in [7, 11) is 0. The monoisotopic (exact) mass is 329 g/mol. The molecule has 6 nitrogen and oxygen atoms in total. The summed E-state index contributed by atoms with van der Waals surface area (Å²) in [6, 6.07) is 6.57. The van der Waals surface area contributed by atoms with Crippen molar-refractivity contribution in [2.24, 2.45) is 0 Å². The van der Waals surface area contributed by atoms with Gasteiger partial charge in [0.05, 0.1) is 17.7 Å². The Labute approximate surface area is 140 Å². The van der Waals surface area contributed by atoms with E-state index < -0.39 is 0 Å². The lowest BCUT2D eigenvalue weighted by Crippen LogP contribution is -2.46. The number of aryl methyl sites for hydroxylation is 1. The average molecular weight is 329 g/mol. The maximum atomic E-state index is 13.2. The summed E-state index contributed by atoms with van der Waals surface area (Å²) in [6.45, 7) is 8.05. The van der Waals surface area contributed by atoms with Gasteiger partial charge in [0.15, 0.2) is 5.82 Å². The molecule has 0 bridgehead atoms. The van der Waals surface area contributed by atoms with Gasteiger partial charge in [-0.3, -0.25) is 9.80 Å². The quantitative estimate of drug-likeness (QED) is 0.857. The highest BCUT2D eigenvalue weighted by Gasteiger charge is 2.25. The number of aromatic nitrogens is 2. The van der Waals surface area contributed by atoms with Crippen LogP contribution in [-0.4, -0.2) is 46.1 Å². The van der Waals surface area contributed by atoms with E-state index in [4.69, 9.17) is 9.78 Å². The Morgan fingerprint density at radius 1 is 1.33 bits per heavy atom. The fourth-order valence-corrected chi connectivity index (χ4v) is 2.98. The van der Waals surface area contributed by atoms with Gasteiger partial charge in [0, 0.05) is 32.7 Å². The van der Waals surface area contributed by atoms with E-state index in [0.717, 1.165) is 31.7 Å². The standard InChI is InChI=1S/C17H20FN5O/c1-12(17-20-13(2)21-24-17)23-7-5-22(6-8-23)11-14-3-4-16(18)9-15(14)10-19/h3-4,9,12H,5-8,11H2,1-2H3/t12-/m1/s1. The molecule has 1 fully saturated rings. The molecular formula is C17H20FN5O. The molecule has 1 atom stereocenters. The molecule has 1 saturated heterocycles. The molecule has 0 N–H and O–H groups in total. The fourth-order valence-electron chi connectivity index (χ4n) is 2.98. The van der Waals surface area contributed by atoms with Gasteiger partial charge in [-0.25, -0.2) is 4.39 Å². The second kappa shape index (κ2) is 7.07. The Kier molecular flexibility index (Phi) is 4.88. The molecule has 1 aliphatic heterocycles. The van der Waals surface area contributed by atoms with E-state index in [9.17, 15) is 4.39 Å². The van der Waals surface area contributed by atoms with Crippen molar-refractivity contribution in [2.75, 3.05) is 26.2 Å². The van der Waals surface area contributed by atoms with Gasteiger partial charge in [-0.1, -0.05) is 11.2 Å². The van der Waals surface area contributed by atoms with E-state index in [1.54, 1.807) is 6.07 Å². The van der Waals surface area contributed by atoms with Crippen LogP contribution < -0.4 is 0 Å². The average Bonchev–Trinajstić information content (AvgIpc) is 3.03. The van der Waals surface area contributed by atoms with E-state index in [1.165, 1.54) is 12.1 Å². The van der Waals surface area contributed by atoms with Crippen molar-refractivity contribution in [2.45, 2.75) is 26.4 Å². The van der Waals surface area contributed by atoms with Gasteiger partial charge in [0.2, 0.25) is 5.89 Å². The first-order valence-electron chi connectivity index (χ1n) is 8.02. The minimum Gasteiger partial charge on any atom is -0.338 e. The fraction of sp³-hybridized carbons (Fsp3) is 0.471. The molecule has 0 spiro atoms. The number of hydrogen-bond donors (Lipinski definition) is 0. The zero-order valence-electron chi connectivity index (χ0n) is 13.9. The highest BCUT2D eigenvalue weighted by molar-refractivity contribution is 5.37. The summed E-state index contributed by atoms with van der Waals surface area (Å²) in [4.78, 5) is 8.88. The van der Waals surface area contributed by atoms with Gasteiger partial charge >= 0.3 is 0 Å². The molecule has 0 aliphatic carbocycles. The molecule has 0 radical (unpaired) electrons. The second-order valence-electron chi connectivity index (χ2n) is 6.08. The first kappa shape index (κ1) is 16.6. The molecule has 1 aliphatic rings. The summed E-state index contributed by atoms with van der Waals surface area (Å²) in [5.41, 5.74) is 1.28. The number of benzene rings is 1. The predicted octanol–water partition coefficient (Wildman–Crippen LogP) is 2.27. The van der Waals surface area contributed by atoms with Crippen LogP contribution in [0.1, 0.15) is 35.8 Å². The Hall–Kier alpha value is -2.30. The topological polar surface area (TPSA) is 69.2 Å². The number of rotatable bonds is 4. The molecule has 7 heteroatoms. The molecular weight excluding hydrogens is 309 g/mol. The van der Waals surface area contributed by atoms with Crippen LogP contribution in [-0.2, 0) is 6.54 Å². The van der Waals surface area contributed by atoms with Gasteiger partial charge in [-0.05, 0) is 31.5 Å². The largest absolute Gasteiger partial charge is 0.338 e. The third-order valence-corrected chi connectivity index (χ3v) is 4.44. The van der Waals surface area contributed by atoms with E-state index in [0.29, 0.717) is 23.8 Å². The van der Waals surface area contributed by atoms with Crippen molar-refractivity contribution in [3.63, 3.8) is 0 Å². The van der Waals surface area contributed by atoms with E-state index in [2.05, 4.69) is 32.9 Å². The van der Waals surface area contributed by atoms with Crippen molar-refractivity contribution in [1.82, 2.24) is 19.9 Å². The summed E-state index contributed by atoms with van der Waals surface area (Å²) in [6.07, 6.45) is 0. The van der Waals surface area contributed by atoms with E-state index in [-0.39, 0.29) is 11.9 Å². The number of nitrogens with zero attached hydrogens (tertiary/aromatic N) is 5. The lowest BCUT2D eigenvalue weighted by molar-refractivity contribution is 0.0845. The molecule has 2 aromatic rings. The molecule has 2 heterocycles. The zero-order chi connectivity index (χ0) is 17.1. The van der Waals surface area contributed by atoms with Crippen LogP contribution in [0.25, 0.3) is 0 Å². The van der Waals surface area contributed by atoms with Crippen molar-refractivity contribution in [3.8, 4) is 6.07 Å². The Morgan fingerprint density at radius 3 is 2.71 bits per heavy atom. The maximum Gasteiger partial charge on any atom is 0.243 e. The molecule has 0 saturated carbocycles. The van der Waals surface area contributed by atoms with Gasteiger partial charge in [0.1, 0.15) is 5.82 Å². The summed E-state index contributed by atoms with van der Waals surface area (Å²) < 4.78 is 18.5. The number of halogens is 1. The third kappa shape index (κ3) is 3.61. The smallest absolute Gasteiger partial charge is 0.243 e. The molecule has 3 rings (SSSR count). The van der Waals surface area contributed by atoms with Crippen molar-refractivity contribution in [1.29, 1.82) is 5.26 Å². The van der Waals surface area contributed by atoms with Gasteiger partial charge in [-0.15, -0.1) is 0 Å². The predicted molar refractivity (Wildman–Crippen MR) is 85.4 cm³/mol. The van der Waals surface area contributed by atoms with Crippen LogP contribution in [0, 0.1) is 24.1 Å². The first-order valence-corrected chi connectivity index (χ1v) is 8.02. The Morgan fingerprint density at radius 2 is 2.08 bits per heavy atom. The summed E-state index contributed by atoms with van der Waals surface area (Å²) in [5.74, 6) is 0.922. The van der Waals surface area contributed by atoms with E-state index in [1.807, 2.05) is 6.92 Å². The van der Waals surface area contributed by atoms with Gasteiger partial charge in [0.25, 0.3) is 0 Å². The Balaban J connectivity index is 1.58. The van der Waals surface area contributed by atoms with Gasteiger partial charge < -0.3 is 4.52 Å². The number of hydrogen-bond acceptors (Lipinski definition) is 6. The van der Waals surface area contributed by atoms with Crippen LogP contribution in [0.5, 0.6) is 0 Å². The van der Waals surface area contributed by atoms with E-state index >= 15 is 0 Å². The van der Waals surface area contributed by atoms with Crippen LogP contribution in [0.2, 0.25) is 0 Å². The molecule has 1 aromatic heterocycles. The molecule has 24 heavy (non-hydrogen) atoms. The van der Waals surface area contributed by atoms with Crippen LogP contribution >= 0.6 is 0 Å². The Bertz CT molecular complexity index is 746. The summed E-state index contributed by atoms with van der Waals surface area (Å²) in [5, 5.41) is 13.0. The molecule has 0 unspecified atom stereocenters. The zero-order valence-corrected chi connectivity index (χ0v) is 13.9. The highest BCUT2D eigenvalue weighted by atomic mass is 19.1. The third-order valence-electron chi connectivity index (χ3n) is 4.44. The molecule has 126 valence electrons. The summed E-state index contributed by atoms with van der Waals surface area (Å²) >= 11 is 0. The first-order chi connectivity index (χ1) is 11.6. The maximum absolute atomic E-state index is 13.2. The highest BCUT2D eigenvalue weighted by Crippen LogP contribution is 2.21. The van der Waals surface area contributed by atoms with Crippen LogP contribution in [0.3, 0.4) is 0 Å². The van der Waals surface area contributed by atoms with Crippen molar-refractivity contribution < 1.29 is 8.91 Å².